The lowest BCUT2D eigenvalue weighted by Crippen LogP contribution is -2.33. The Morgan fingerprint density at radius 2 is 2.25 bits per heavy atom. The zero-order chi connectivity index (χ0) is 13.9. The fraction of sp³-hybridized carbons (Fsp3) is 0.357. The lowest BCUT2D eigenvalue weighted by Gasteiger charge is -2.17. The van der Waals surface area contributed by atoms with Gasteiger partial charge in [0, 0.05) is 18.2 Å². The quantitative estimate of drug-likeness (QED) is 0.890. The molecule has 0 saturated carbocycles. The van der Waals surface area contributed by atoms with Crippen molar-refractivity contribution in [3.63, 3.8) is 0 Å². The van der Waals surface area contributed by atoms with Crippen molar-refractivity contribution in [3.8, 4) is 0 Å². The molecule has 6 nitrogen and oxygen atoms in total. The SMILES string of the molecule is NCCC1CN(C(=O)Cn2cncn2)c2ccccc21. The zero-order valence-corrected chi connectivity index (χ0v) is 11.1. The second-order valence-corrected chi connectivity index (χ2v) is 4.93. The van der Waals surface area contributed by atoms with Gasteiger partial charge in [-0.3, -0.25) is 4.79 Å². The van der Waals surface area contributed by atoms with E-state index in [4.69, 9.17) is 5.73 Å². The van der Waals surface area contributed by atoms with Gasteiger partial charge in [0.1, 0.15) is 19.2 Å². The summed E-state index contributed by atoms with van der Waals surface area (Å²) in [6, 6.07) is 8.04. The van der Waals surface area contributed by atoms with Crippen LogP contribution >= 0.6 is 0 Å². The third-order valence-corrected chi connectivity index (χ3v) is 3.65. The Morgan fingerprint density at radius 1 is 1.40 bits per heavy atom. The lowest BCUT2D eigenvalue weighted by atomic mass is 9.98. The van der Waals surface area contributed by atoms with E-state index in [2.05, 4.69) is 16.1 Å². The maximum atomic E-state index is 12.4. The van der Waals surface area contributed by atoms with Crippen LogP contribution in [0.15, 0.2) is 36.9 Å². The first kappa shape index (κ1) is 12.8. The van der Waals surface area contributed by atoms with Gasteiger partial charge >= 0.3 is 0 Å². The van der Waals surface area contributed by atoms with E-state index >= 15 is 0 Å². The predicted molar refractivity (Wildman–Crippen MR) is 75.2 cm³/mol. The summed E-state index contributed by atoms with van der Waals surface area (Å²) in [4.78, 5) is 18.1. The molecule has 0 radical (unpaired) electrons. The number of rotatable bonds is 4. The van der Waals surface area contributed by atoms with Crippen LogP contribution in [0.4, 0.5) is 5.69 Å². The number of hydrogen-bond acceptors (Lipinski definition) is 4. The molecule has 3 rings (SSSR count). The van der Waals surface area contributed by atoms with Gasteiger partial charge in [-0.15, -0.1) is 0 Å². The topological polar surface area (TPSA) is 77.0 Å². The molecular formula is C14H17N5O. The molecule has 0 aliphatic carbocycles. The van der Waals surface area contributed by atoms with E-state index in [0.29, 0.717) is 19.0 Å². The van der Waals surface area contributed by atoms with Crippen LogP contribution in [0.3, 0.4) is 0 Å². The number of nitrogens with zero attached hydrogens (tertiary/aromatic N) is 4. The third-order valence-electron chi connectivity index (χ3n) is 3.65. The lowest BCUT2D eigenvalue weighted by molar-refractivity contribution is -0.119. The number of amides is 1. The highest BCUT2D eigenvalue weighted by molar-refractivity contribution is 5.95. The average Bonchev–Trinajstić information content (AvgIpc) is 3.08. The molecule has 1 aromatic carbocycles. The van der Waals surface area contributed by atoms with Gasteiger partial charge in [0.25, 0.3) is 0 Å². The van der Waals surface area contributed by atoms with Crippen molar-refractivity contribution in [3.05, 3.63) is 42.5 Å². The number of nitrogens with two attached hydrogens (primary N) is 1. The predicted octanol–water partition coefficient (Wildman–Crippen LogP) is 0.757. The number of carbonyl (C=O) groups is 1. The van der Waals surface area contributed by atoms with Crippen LogP contribution < -0.4 is 10.6 Å². The first-order valence-corrected chi connectivity index (χ1v) is 6.71. The molecule has 0 saturated heterocycles. The van der Waals surface area contributed by atoms with Gasteiger partial charge in [-0.25, -0.2) is 9.67 Å². The molecule has 1 amide bonds. The highest BCUT2D eigenvalue weighted by Gasteiger charge is 2.31. The highest BCUT2D eigenvalue weighted by atomic mass is 16.2. The summed E-state index contributed by atoms with van der Waals surface area (Å²) in [5.74, 6) is 0.360. The van der Waals surface area contributed by atoms with Gasteiger partial charge in [0.05, 0.1) is 0 Å². The van der Waals surface area contributed by atoms with Crippen LogP contribution in [0.1, 0.15) is 17.9 Å². The molecule has 0 spiro atoms. The maximum Gasteiger partial charge on any atom is 0.248 e. The van der Waals surface area contributed by atoms with Crippen LogP contribution in [0.5, 0.6) is 0 Å². The second-order valence-electron chi connectivity index (χ2n) is 4.93. The van der Waals surface area contributed by atoms with E-state index < -0.39 is 0 Å². The summed E-state index contributed by atoms with van der Waals surface area (Å²) in [5.41, 5.74) is 7.88. The van der Waals surface area contributed by atoms with Crippen LogP contribution in [0.25, 0.3) is 0 Å². The summed E-state index contributed by atoms with van der Waals surface area (Å²) in [6.07, 6.45) is 3.88. The van der Waals surface area contributed by atoms with Crippen molar-refractivity contribution < 1.29 is 4.79 Å². The van der Waals surface area contributed by atoms with Crippen molar-refractivity contribution >= 4 is 11.6 Å². The molecule has 2 aromatic rings. The van der Waals surface area contributed by atoms with Crippen molar-refractivity contribution in [2.45, 2.75) is 18.9 Å². The number of para-hydroxylation sites is 1. The zero-order valence-electron chi connectivity index (χ0n) is 11.1. The van der Waals surface area contributed by atoms with Crippen LogP contribution in [-0.4, -0.2) is 33.8 Å². The fourth-order valence-electron chi connectivity index (χ4n) is 2.72. The van der Waals surface area contributed by atoms with Crippen molar-refractivity contribution in [1.82, 2.24) is 14.8 Å². The molecule has 1 atom stereocenters. The molecule has 1 aliphatic rings. The van der Waals surface area contributed by atoms with Gasteiger partial charge in [-0.05, 0) is 24.6 Å². The number of anilines is 1. The molecule has 1 aliphatic heterocycles. The van der Waals surface area contributed by atoms with Gasteiger partial charge in [-0.2, -0.15) is 5.10 Å². The highest BCUT2D eigenvalue weighted by Crippen LogP contribution is 2.37. The van der Waals surface area contributed by atoms with E-state index in [0.717, 1.165) is 12.1 Å². The van der Waals surface area contributed by atoms with E-state index in [1.807, 2.05) is 23.1 Å². The number of aromatic nitrogens is 3. The standard InChI is InChI=1S/C14H17N5O/c15-6-5-11-7-19(13-4-2-1-3-12(11)13)14(20)8-18-10-16-9-17-18/h1-4,9-11H,5-8,15H2. The van der Waals surface area contributed by atoms with Crippen molar-refractivity contribution in [2.24, 2.45) is 5.73 Å². The maximum absolute atomic E-state index is 12.4. The summed E-state index contributed by atoms with van der Waals surface area (Å²) >= 11 is 0. The van der Waals surface area contributed by atoms with E-state index in [1.165, 1.54) is 11.9 Å². The summed E-state index contributed by atoms with van der Waals surface area (Å²) in [5, 5.41) is 3.98. The smallest absolute Gasteiger partial charge is 0.248 e. The minimum Gasteiger partial charge on any atom is -0.330 e. The molecule has 104 valence electrons. The Kier molecular flexibility index (Phi) is 3.47. The van der Waals surface area contributed by atoms with Crippen LogP contribution in [0.2, 0.25) is 0 Å². The van der Waals surface area contributed by atoms with Gasteiger partial charge < -0.3 is 10.6 Å². The third kappa shape index (κ3) is 2.30. The Hall–Kier alpha value is -2.21. The number of hydrogen-bond donors (Lipinski definition) is 1. The first-order chi connectivity index (χ1) is 9.79. The molecule has 20 heavy (non-hydrogen) atoms. The van der Waals surface area contributed by atoms with E-state index in [1.54, 1.807) is 11.0 Å². The van der Waals surface area contributed by atoms with Gasteiger partial charge in [0.2, 0.25) is 5.91 Å². The van der Waals surface area contributed by atoms with E-state index in [9.17, 15) is 4.79 Å². The molecule has 6 heteroatoms. The Morgan fingerprint density at radius 3 is 3.00 bits per heavy atom. The summed E-state index contributed by atoms with van der Waals surface area (Å²) in [6.45, 7) is 1.54. The molecule has 1 unspecified atom stereocenters. The molecular weight excluding hydrogens is 254 g/mol. The molecule has 2 N–H and O–H groups in total. The van der Waals surface area contributed by atoms with Gasteiger partial charge in [-0.1, -0.05) is 18.2 Å². The van der Waals surface area contributed by atoms with Crippen molar-refractivity contribution in [2.75, 3.05) is 18.0 Å². The van der Waals surface area contributed by atoms with Crippen LogP contribution in [0, 0.1) is 0 Å². The van der Waals surface area contributed by atoms with Gasteiger partial charge in [0.15, 0.2) is 0 Å². The summed E-state index contributed by atoms with van der Waals surface area (Å²) < 4.78 is 1.54. The molecule has 2 heterocycles. The minimum absolute atomic E-state index is 0.0301. The largest absolute Gasteiger partial charge is 0.330 e. The fourth-order valence-corrected chi connectivity index (χ4v) is 2.72. The first-order valence-electron chi connectivity index (χ1n) is 6.71. The molecule has 1 aromatic heterocycles. The minimum atomic E-state index is 0.0301. The monoisotopic (exact) mass is 271 g/mol. The van der Waals surface area contributed by atoms with Crippen molar-refractivity contribution in [1.29, 1.82) is 0 Å². The normalized spacial score (nSPS) is 17.2. The average molecular weight is 271 g/mol. The number of benzene rings is 1. The Labute approximate surface area is 117 Å². The summed E-state index contributed by atoms with van der Waals surface area (Å²) in [7, 11) is 0. The Bertz CT molecular complexity index is 595. The van der Waals surface area contributed by atoms with Crippen LogP contribution in [-0.2, 0) is 11.3 Å². The molecule has 0 bridgehead atoms. The second kappa shape index (κ2) is 5.42. The molecule has 0 fully saturated rings. The number of carbonyl (C=O) groups excluding carboxylic acids is 1. The number of fused-ring (bicyclic) bond motifs is 1. The van der Waals surface area contributed by atoms with E-state index in [-0.39, 0.29) is 12.5 Å². The Balaban J connectivity index is 1.82.